The highest BCUT2D eigenvalue weighted by Gasteiger charge is 2.39. The van der Waals surface area contributed by atoms with E-state index in [1.54, 1.807) is 4.31 Å². The van der Waals surface area contributed by atoms with Crippen molar-refractivity contribution in [1.82, 2.24) is 9.21 Å². The molecule has 124 valence electrons. The molecular weight excluding hydrogens is 286 g/mol. The van der Waals surface area contributed by atoms with Crippen molar-refractivity contribution in [2.24, 2.45) is 11.7 Å². The Kier molecular flexibility index (Phi) is 5.68. The molecule has 2 fully saturated rings. The van der Waals surface area contributed by atoms with E-state index in [4.69, 9.17) is 5.73 Å². The van der Waals surface area contributed by atoms with Crippen LogP contribution in [0.4, 0.5) is 0 Å². The van der Waals surface area contributed by atoms with Crippen LogP contribution in [0.3, 0.4) is 0 Å². The van der Waals surface area contributed by atoms with Crippen LogP contribution in [-0.4, -0.2) is 62.1 Å². The van der Waals surface area contributed by atoms with Gasteiger partial charge in [-0.1, -0.05) is 19.8 Å². The lowest BCUT2D eigenvalue weighted by atomic mass is 9.91. The summed E-state index contributed by atoms with van der Waals surface area (Å²) in [6.07, 6.45) is 8.36. The van der Waals surface area contributed by atoms with Crippen LogP contribution in [0.5, 0.6) is 0 Å². The molecular formula is C15H31N3O2S. The molecule has 1 heterocycles. The Balaban J connectivity index is 2.01. The van der Waals surface area contributed by atoms with Gasteiger partial charge in [-0.25, -0.2) is 12.7 Å². The van der Waals surface area contributed by atoms with Crippen LogP contribution >= 0.6 is 0 Å². The summed E-state index contributed by atoms with van der Waals surface area (Å²) >= 11 is 0. The molecule has 0 aromatic heterocycles. The first kappa shape index (κ1) is 17.2. The summed E-state index contributed by atoms with van der Waals surface area (Å²) in [5.41, 5.74) is 6.27. The van der Waals surface area contributed by atoms with Gasteiger partial charge in [-0.15, -0.1) is 0 Å². The number of nitrogens with zero attached hydrogens (tertiary/aromatic N) is 2. The van der Waals surface area contributed by atoms with Crippen LogP contribution in [0.1, 0.15) is 45.4 Å². The molecule has 0 aromatic rings. The van der Waals surface area contributed by atoms with Crippen molar-refractivity contribution in [3.8, 4) is 0 Å². The third kappa shape index (κ3) is 3.97. The van der Waals surface area contributed by atoms with E-state index >= 15 is 0 Å². The molecule has 1 atom stereocenters. The zero-order valence-electron chi connectivity index (χ0n) is 13.6. The summed E-state index contributed by atoms with van der Waals surface area (Å²) in [4.78, 5) is 2.54. The maximum Gasteiger partial charge on any atom is 0.211 e. The van der Waals surface area contributed by atoms with E-state index in [9.17, 15) is 8.42 Å². The molecule has 0 spiro atoms. The first-order valence-corrected chi connectivity index (χ1v) is 10.2. The van der Waals surface area contributed by atoms with E-state index < -0.39 is 10.0 Å². The minimum Gasteiger partial charge on any atom is -0.329 e. The lowest BCUT2D eigenvalue weighted by Crippen LogP contribution is -2.55. The summed E-state index contributed by atoms with van der Waals surface area (Å²) in [5, 5.41) is 0. The summed E-state index contributed by atoms with van der Waals surface area (Å²) in [5.74, 6) is 0.442. The number of piperidine rings is 1. The molecule has 5 nitrogen and oxygen atoms in total. The molecule has 2 aliphatic rings. The van der Waals surface area contributed by atoms with Gasteiger partial charge in [0.05, 0.1) is 6.26 Å². The van der Waals surface area contributed by atoms with Gasteiger partial charge in [-0.3, -0.25) is 4.90 Å². The van der Waals surface area contributed by atoms with Gasteiger partial charge in [-0.2, -0.15) is 0 Å². The Morgan fingerprint density at radius 3 is 2.48 bits per heavy atom. The number of hydrogen-bond acceptors (Lipinski definition) is 4. The Bertz CT molecular complexity index is 432. The number of hydrogen-bond donors (Lipinski definition) is 1. The highest BCUT2D eigenvalue weighted by Crippen LogP contribution is 2.35. The van der Waals surface area contributed by atoms with Gasteiger partial charge in [0.1, 0.15) is 0 Å². The Hall–Kier alpha value is -0.170. The van der Waals surface area contributed by atoms with Crippen LogP contribution in [0.15, 0.2) is 0 Å². The summed E-state index contributed by atoms with van der Waals surface area (Å²) in [7, 11) is -3.05. The molecule has 1 aliphatic heterocycles. The molecule has 2 N–H and O–H groups in total. The van der Waals surface area contributed by atoms with Gasteiger partial charge >= 0.3 is 0 Å². The minimum absolute atomic E-state index is 0.169. The monoisotopic (exact) mass is 317 g/mol. The number of nitrogens with two attached hydrogens (primary N) is 1. The zero-order valence-corrected chi connectivity index (χ0v) is 14.4. The molecule has 1 unspecified atom stereocenters. The van der Waals surface area contributed by atoms with Crippen molar-refractivity contribution in [3.63, 3.8) is 0 Å². The lowest BCUT2D eigenvalue weighted by Gasteiger charge is -2.43. The maximum absolute atomic E-state index is 11.8. The summed E-state index contributed by atoms with van der Waals surface area (Å²) in [6, 6.07) is 0. The van der Waals surface area contributed by atoms with Crippen molar-refractivity contribution in [2.45, 2.75) is 51.0 Å². The lowest BCUT2D eigenvalue weighted by molar-refractivity contribution is 0.0726. The molecule has 0 radical (unpaired) electrons. The van der Waals surface area contributed by atoms with Crippen molar-refractivity contribution in [1.29, 1.82) is 0 Å². The van der Waals surface area contributed by atoms with Crippen LogP contribution < -0.4 is 5.73 Å². The van der Waals surface area contributed by atoms with Gasteiger partial charge in [0, 0.05) is 31.7 Å². The quantitative estimate of drug-likeness (QED) is 0.801. The maximum atomic E-state index is 11.8. The highest BCUT2D eigenvalue weighted by atomic mass is 32.2. The topological polar surface area (TPSA) is 66.6 Å². The molecule has 0 aromatic carbocycles. The fraction of sp³-hybridized carbons (Fsp3) is 1.00. The Morgan fingerprint density at radius 1 is 1.29 bits per heavy atom. The van der Waals surface area contributed by atoms with Crippen molar-refractivity contribution in [3.05, 3.63) is 0 Å². The summed E-state index contributed by atoms with van der Waals surface area (Å²) < 4.78 is 25.2. The molecule has 0 amide bonds. The predicted molar refractivity (Wildman–Crippen MR) is 86.6 cm³/mol. The second kappa shape index (κ2) is 6.94. The van der Waals surface area contributed by atoms with E-state index in [0.29, 0.717) is 19.0 Å². The van der Waals surface area contributed by atoms with Crippen LogP contribution in [-0.2, 0) is 10.0 Å². The third-order valence-corrected chi connectivity index (χ3v) is 6.67. The zero-order chi connectivity index (χ0) is 15.5. The minimum atomic E-state index is -3.05. The van der Waals surface area contributed by atoms with Gasteiger partial charge in [-0.05, 0) is 38.1 Å². The second-order valence-corrected chi connectivity index (χ2v) is 8.79. The largest absolute Gasteiger partial charge is 0.329 e. The average molecular weight is 317 g/mol. The molecule has 0 bridgehead atoms. The predicted octanol–water partition coefficient (Wildman–Crippen LogP) is 1.25. The van der Waals surface area contributed by atoms with Gasteiger partial charge in [0.25, 0.3) is 0 Å². The van der Waals surface area contributed by atoms with Gasteiger partial charge < -0.3 is 5.73 Å². The van der Waals surface area contributed by atoms with Crippen molar-refractivity contribution in [2.75, 3.05) is 39.0 Å². The molecule has 21 heavy (non-hydrogen) atoms. The van der Waals surface area contributed by atoms with Crippen LogP contribution in [0, 0.1) is 5.92 Å². The first-order chi connectivity index (χ1) is 9.91. The number of likely N-dealkylation sites (N-methyl/N-ethyl adjacent to an activating group) is 1. The van der Waals surface area contributed by atoms with E-state index in [0.717, 1.165) is 32.5 Å². The van der Waals surface area contributed by atoms with E-state index in [2.05, 4.69) is 11.8 Å². The first-order valence-electron chi connectivity index (χ1n) is 8.31. The smallest absolute Gasteiger partial charge is 0.211 e. The van der Waals surface area contributed by atoms with Crippen molar-refractivity contribution >= 4 is 10.0 Å². The molecule has 1 aliphatic carbocycles. The highest BCUT2D eigenvalue weighted by molar-refractivity contribution is 7.88. The second-order valence-electron chi connectivity index (χ2n) is 6.80. The SMILES string of the molecule is CCN(CC1CCCN(S(C)(=O)=O)C1)C1(CN)CCCC1. The van der Waals surface area contributed by atoms with Crippen LogP contribution in [0.2, 0.25) is 0 Å². The third-order valence-electron chi connectivity index (χ3n) is 5.40. The Labute approximate surface area is 129 Å². The van der Waals surface area contributed by atoms with Gasteiger partial charge in [0.15, 0.2) is 0 Å². The number of rotatable bonds is 6. The summed E-state index contributed by atoms with van der Waals surface area (Å²) in [6.45, 7) is 6.28. The van der Waals surface area contributed by atoms with Crippen LogP contribution in [0.25, 0.3) is 0 Å². The van der Waals surface area contributed by atoms with Gasteiger partial charge in [0.2, 0.25) is 10.0 Å². The van der Waals surface area contributed by atoms with E-state index in [1.807, 2.05) is 0 Å². The fourth-order valence-corrected chi connectivity index (χ4v) is 5.07. The van der Waals surface area contributed by atoms with E-state index in [1.165, 1.54) is 31.9 Å². The Morgan fingerprint density at radius 2 is 1.95 bits per heavy atom. The molecule has 1 saturated carbocycles. The van der Waals surface area contributed by atoms with E-state index in [-0.39, 0.29) is 5.54 Å². The molecule has 6 heteroatoms. The number of sulfonamides is 1. The fourth-order valence-electron chi connectivity index (χ4n) is 4.13. The molecule has 1 saturated heterocycles. The molecule has 2 rings (SSSR count). The average Bonchev–Trinajstić information content (AvgIpc) is 2.94. The van der Waals surface area contributed by atoms with Crippen molar-refractivity contribution < 1.29 is 8.42 Å². The standard InChI is InChI=1S/C15H31N3O2S/c1-3-17(15(13-16)8-4-5-9-15)11-14-7-6-10-18(12-14)21(2,19)20/h14H,3-13,16H2,1-2H3. The normalized spacial score (nSPS) is 27.3.